The number of nitrogens with one attached hydrogen (secondary N) is 1. The SMILES string of the molecule is Cc1ccc(CN2CCC(C)NC(=O)C2CO)cc1. The number of amides is 1. The molecule has 1 aromatic carbocycles. The summed E-state index contributed by atoms with van der Waals surface area (Å²) >= 11 is 0. The van der Waals surface area contributed by atoms with E-state index in [1.165, 1.54) is 11.1 Å². The zero-order valence-electron chi connectivity index (χ0n) is 11.6. The number of benzene rings is 1. The molecule has 0 saturated carbocycles. The van der Waals surface area contributed by atoms with Gasteiger partial charge >= 0.3 is 0 Å². The third-order valence-corrected chi connectivity index (χ3v) is 3.66. The van der Waals surface area contributed by atoms with Crippen LogP contribution in [0, 0.1) is 6.92 Å². The van der Waals surface area contributed by atoms with Crippen LogP contribution in [0.2, 0.25) is 0 Å². The van der Waals surface area contributed by atoms with E-state index in [4.69, 9.17) is 0 Å². The average molecular weight is 262 g/mol. The Morgan fingerprint density at radius 1 is 1.37 bits per heavy atom. The molecule has 2 atom stereocenters. The lowest BCUT2D eigenvalue weighted by molar-refractivity contribution is -0.127. The zero-order chi connectivity index (χ0) is 13.8. The first-order valence-electron chi connectivity index (χ1n) is 6.81. The topological polar surface area (TPSA) is 52.6 Å². The summed E-state index contributed by atoms with van der Waals surface area (Å²) in [6, 6.07) is 8.04. The van der Waals surface area contributed by atoms with Gasteiger partial charge in [-0.15, -0.1) is 0 Å². The average Bonchev–Trinajstić information content (AvgIpc) is 2.51. The lowest BCUT2D eigenvalue weighted by atomic mass is 10.1. The van der Waals surface area contributed by atoms with Crippen molar-refractivity contribution in [3.05, 3.63) is 35.4 Å². The maximum atomic E-state index is 12.0. The highest BCUT2D eigenvalue weighted by Gasteiger charge is 2.29. The second-order valence-corrected chi connectivity index (χ2v) is 5.35. The summed E-state index contributed by atoms with van der Waals surface area (Å²) in [6.45, 7) is 5.44. The van der Waals surface area contributed by atoms with Gasteiger partial charge in [0.15, 0.2) is 0 Å². The molecule has 1 amide bonds. The fourth-order valence-corrected chi connectivity index (χ4v) is 2.41. The van der Waals surface area contributed by atoms with Crippen molar-refractivity contribution in [2.45, 2.75) is 38.9 Å². The molecular weight excluding hydrogens is 240 g/mol. The minimum absolute atomic E-state index is 0.0698. The predicted molar refractivity (Wildman–Crippen MR) is 74.7 cm³/mol. The molecule has 1 fully saturated rings. The number of nitrogens with zero attached hydrogens (tertiary/aromatic N) is 1. The molecule has 0 aromatic heterocycles. The second-order valence-electron chi connectivity index (χ2n) is 5.35. The second kappa shape index (κ2) is 6.17. The van der Waals surface area contributed by atoms with Crippen LogP contribution in [-0.4, -0.2) is 41.1 Å². The number of aliphatic hydroxyl groups is 1. The van der Waals surface area contributed by atoms with E-state index in [2.05, 4.69) is 41.4 Å². The molecule has 4 nitrogen and oxygen atoms in total. The summed E-state index contributed by atoms with van der Waals surface area (Å²) in [6.07, 6.45) is 0.911. The van der Waals surface area contributed by atoms with Gasteiger partial charge in [0.25, 0.3) is 0 Å². The molecule has 1 aliphatic rings. The van der Waals surface area contributed by atoms with E-state index in [0.29, 0.717) is 6.54 Å². The molecule has 19 heavy (non-hydrogen) atoms. The quantitative estimate of drug-likeness (QED) is 0.856. The first-order chi connectivity index (χ1) is 9.10. The summed E-state index contributed by atoms with van der Waals surface area (Å²) in [5.41, 5.74) is 2.40. The lowest BCUT2D eigenvalue weighted by Crippen LogP contribution is -2.47. The Labute approximate surface area is 114 Å². The normalized spacial score (nSPS) is 24.9. The van der Waals surface area contributed by atoms with Gasteiger partial charge in [-0.2, -0.15) is 0 Å². The van der Waals surface area contributed by atoms with E-state index >= 15 is 0 Å². The van der Waals surface area contributed by atoms with Crippen molar-refractivity contribution < 1.29 is 9.90 Å². The van der Waals surface area contributed by atoms with Gasteiger partial charge in [-0.3, -0.25) is 9.69 Å². The van der Waals surface area contributed by atoms with E-state index in [-0.39, 0.29) is 18.6 Å². The zero-order valence-corrected chi connectivity index (χ0v) is 11.6. The Hall–Kier alpha value is -1.39. The Kier molecular flexibility index (Phi) is 4.56. The van der Waals surface area contributed by atoms with Gasteiger partial charge in [0.05, 0.1) is 6.61 Å². The highest BCUT2D eigenvalue weighted by atomic mass is 16.3. The Bertz CT molecular complexity index is 430. The summed E-state index contributed by atoms with van der Waals surface area (Å²) in [7, 11) is 0. The molecule has 2 rings (SSSR count). The molecule has 0 bridgehead atoms. The first-order valence-corrected chi connectivity index (χ1v) is 6.81. The van der Waals surface area contributed by atoms with Gasteiger partial charge in [-0.1, -0.05) is 29.8 Å². The summed E-state index contributed by atoms with van der Waals surface area (Å²) in [5.74, 6) is -0.0698. The van der Waals surface area contributed by atoms with Crippen LogP contribution in [0.3, 0.4) is 0 Å². The van der Waals surface area contributed by atoms with Crippen molar-refractivity contribution in [2.24, 2.45) is 0 Å². The summed E-state index contributed by atoms with van der Waals surface area (Å²) < 4.78 is 0. The van der Waals surface area contributed by atoms with Crippen LogP contribution in [0.15, 0.2) is 24.3 Å². The fraction of sp³-hybridized carbons (Fsp3) is 0.533. The molecule has 1 heterocycles. The smallest absolute Gasteiger partial charge is 0.239 e. The van der Waals surface area contributed by atoms with Crippen LogP contribution in [0.1, 0.15) is 24.5 Å². The van der Waals surface area contributed by atoms with E-state index in [1.807, 2.05) is 6.92 Å². The summed E-state index contributed by atoms with van der Waals surface area (Å²) in [4.78, 5) is 14.1. The molecule has 0 spiro atoms. The van der Waals surface area contributed by atoms with Gasteiger partial charge in [-0.25, -0.2) is 0 Å². The molecule has 1 aromatic rings. The van der Waals surface area contributed by atoms with Crippen molar-refractivity contribution in [1.82, 2.24) is 10.2 Å². The minimum atomic E-state index is -0.439. The monoisotopic (exact) mass is 262 g/mol. The standard InChI is InChI=1S/C15H22N2O2/c1-11-3-5-13(6-4-11)9-17-8-7-12(2)16-15(19)14(17)10-18/h3-6,12,14,18H,7-10H2,1-2H3,(H,16,19). The maximum Gasteiger partial charge on any atom is 0.239 e. The van der Waals surface area contributed by atoms with Gasteiger partial charge in [0, 0.05) is 19.1 Å². The van der Waals surface area contributed by atoms with Crippen molar-refractivity contribution in [2.75, 3.05) is 13.2 Å². The molecule has 2 N–H and O–H groups in total. The molecule has 1 saturated heterocycles. The number of hydrogen-bond acceptors (Lipinski definition) is 3. The van der Waals surface area contributed by atoms with E-state index < -0.39 is 6.04 Å². The number of hydrogen-bond donors (Lipinski definition) is 2. The van der Waals surface area contributed by atoms with E-state index in [9.17, 15) is 9.90 Å². The van der Waals surface area contributed by atoms with Crippen molar-refractivity contribution >= 4 is 5.91 Å². The number of aliphatic hydroxyl groups excluding tert-OH is 1. The molecule has 4 heteroatoms. The van der Waals surface area contributed by atoms with Crippen molar-refractivity contribution in [3.63, 3.8) is 0 Å². The van der Waals surface area contributed by atoms with Gasteiger partial charge in [-0.05, 0) is 25.8 Å². The predicted octanol–water partition coefficient (Wildman–Crippen LogP) is 1.07. The van der Waals surface area contributed by atoms with Crippen LogP contribution < -0.4 is 5.32 Å². The van der Waals surface area contributed by atoms with E-state index in [1.54, 1.807) is 0 Å². The van der Waals surface area contributed by atoms with Crippen LogP contribution in [0.25, 0.3) is 0 Å². The van der Waals surface area contributed by atoms with Crippen LogP contribution >= 0.6 is 0 Å². The maximum absolute atomic E-state index is 12.0. The highest BCUT2D eigenvalue weighted by molar-refractivity contribution is 5.82. The van der Waals surface area contributed by atoms with Gasteiger partial charge < -0.3 is 10.4 Å². The number of aryl methyl sites for hydroxylation is 1. The number of rotatable bonds is 3. The Morgan fingerprint density at radius 3 is 2.68 bits per heavy atom. The molecule has 1 aliphatic heterocycles. The molecule has 104 valence electrons. The third-order valence-electron chi connectivity index (χ3n) is 3.66. The van der Waals surface area contributed by atoms with Crippen LogP contribution in [0.4, 0.5) is 0 Å². The minimum Gasteiger partial charge on any atom is -0.394 e. The van der Waals surface area contributed by atoms with Gasteiger partial charge in [0.2, 0.25) is 5.91 Å². The van der Waals surface area contributed by atoms with Crippen molar-refractivity contribution in [3.8, 4) is 0 Å². The molecular formula is C15H22N2O2. The summed E-state index contributed by atoms with van der Waals surface area (Å²) in [5, 5.41) is 12.4. The third kappa shape index (κ3) is 3.55. The van der Waals surface area contributed by atoms with Gasteiger partial charge in [0.1, 0.15) is 6.04 Å². The Balaban J connectivity index is 2.11. The first kappa shape index (κ1) is 14.0. The Morgan fingerprint density at radius 2 is 2.05 bits per heavy atom. The molecule has 2 unspecified atom stereocenters. The largest absolute Gasteiger partial charge is 0.394 e. The number of carbonyl (C=O) groups excluding carboxylic acids is 1. The fourth-order valence-electron chi connectivity index (χ4n) is 2.41. The van der Waals surface area contributed by atoms with Crippen LogP contribution in [0.5, 0.6) is 0 Å². The molecule has 0 aliphatic carbocycles. The lowest BCUT2D eigenvalue weighted by Gasteiger charge is -2.26. The van der Waals surface area contributed by atoms with E-state index in [0.717, 1.165) is 13.0 Å². The van der Waals surface area contributed by atoms with Crippen LogP contribution in [-0.2, 0) is 11.3 Å². The highest BCUT2D eigenvalue weighted by Crippen LogP contribution is 2.14. The number of carbonyl (C=O) groups is 1. The molecule has 0 radical (unpaired) electrons. The van der Waals surface area contributed by atoms with Crippen molar-refractivity contribution in [1.29, 1.82) is 0 Å².